The number of thiazole rings is 1. The third-order valence-electron chi connectivity index (χ3n) is 4.06. The molecule has 2 heterocycles. The number of benzene rings is 1. The van der Waals surface area contributed by atoms with Crippen molar-refractivity contribution in [1.29, 1.82) is 0 Å². The third-order valence-corrected chi connectivity index (χ3v) is 6.18. The van der Waals surface area contributed by atoms with Crippen LogP contribution in [0.5, 0.6) is 5.75 Å². The number of amides is 1. The van der Waals surface area contributed by atoms with Crippen LogP contribution in [-0.2, 0) is 30.1 Å². The molecule has 0 bridgehead atoms. The van der Waals surface area contributed by atoms with Crippen LogP contribution >= 0.6 is 34.7 Å². The fourth-order valence-corrected chi connectivity index (χ4v) is 4.49. The first-order valence-electron chi connectivity index (χ1n) is 9.55. The smallest absolute Gasteiger partial charge is 0.217 e. The Kier molecular flexibility index (Phi) is 8.12. The van der Waals surface area contributed by atoms with Crippen molar-refractivity contribution < 1.29 is 9.53 Å². The normalized spacial score (nSPS) is 11.2. The first-order valence-corrected chi connectivity index (χ1v) is 11.8. The number of hydrogen-bond acceptors (Lipinski definition) is 7. The predicted octanol–water partition coefficient (Wildman–Crippen LogP) is 4.33. The summed E-state index contributed by atoms with van der Waals surface area (Å²) in [5, 5.41) is 13.0. The second-order valence-corrected chi connectivity index (χ2v) is 9.46. The molecule has 0 radical (unpaired) electrons. The average Bonchev–Trinajstić information content (AvgIpc) is 3.31. The van der Waals surface area contributed by atoms with Gasteiger partial charge in [-0.1, -0.05) is 37.2 Å². The lowest BCUT2D eigenvalue weighted by Gasteiger charge is -2.11. The van der Waals surface area contributed by atoms with Gasteiger partial charge < -0.3 is 15.0 Å². The number of carbonyl (C=O) groups excluding carboxylic acids is 1. The van der Waals surface area contributed by atoms with E-state index in [4.69, 9.17) is 22.1 Å². The van der Waals surface area contributed by atoms with Crippen molar-refractivity contribution in [3.8, 4) is 5.75 Å². The maximum absolute atomic E-state index is 11.1. The third kappa shape index (κ3) is 6.72. The Morgan fingerprint density at radius 2 is 2.07 bits per heavy atom. The van der Waals surface area contributed by atoms with Gasteiger partial charge >= 0.3 is 0 Å². The summed E-state index contributed by atoms with van der Waals surface area (Å²) in [4.78, 5) is 15.8. The molecular formula is C20H24ClN5O2S2. The monoisotopic (exact) mass is 465 g/mol. The highest BCUT2D eigenvalue weighted by atomic mass is 35.5. The number of nitrogens with zero attached hydrogens (tertiary/aromatic N) is 4. The zero-order chi connectivity index (χ0) is 21.5. The summed E-state index contributed by atoms with van der Waals surface area (Å²) in [5.41, 5.74) is 6.25. The van der Waals surface area contributed by atoms with E-state index in [0.29, 0.717) is 29.7 Å². The largest absolute Gasteiger partial charge is 0.486 e. The molecule has 1 amide bonds. The van der Waals surface area contributed by atoms with E-state index in [9.17, 15) is 4.79 Å². The van der Waals surface area contributed by atoms with Crippen molar-refractivity contribution in [2.24, 2.45) is 11.7 Å². The van der Waals surface area contributed by atoms with Crippen molar-refractivity contribution >= 4 is 40.6 Å². The van der Waals surface area contributed by atoms with Crippen LogP contribution in [-0.4, -0.2) is 25.7 Å². The molecule has 0 saturated carbocycles. The van der Waals surface area contributed by atoms with E-state index in [2.05, 4.69) is 33.6 Å². The van der Waals surface area contributed by atoms with E-state index >= 15 is 0 Å². The lowest BCUT2D eigenvalue weighted by Crippen LogP contribution is -2.15. The van der Waals surface area contributed by atoms with Gasteiger partial charge in [-0.15, -0.1) is 21.5 Å². The summed E-state index contributed by atoms with van der Waals surface area (Å²) in [6.07, 6.45) is 0.766. The van der Waals surface area contributed by atoms with Gasteiger partial charge in [0, 0.05) is 35.5 Å². The zero-order valence-corrected chi connectivity index (χ0v) is 19.3. The summed E-state index contributed by atoms with van der Waals surface area (Å²) in [7, 11) is 0. The standard InChI is InChI=1S/C20H24ClN5O2S2/c1-13(2)9-26-18(8-7-17(22)27)24-25-20(26)30-12-15-11-29-19(23-15)10-28-16-5-3-14(21)4-6-16/h3-6,11,13H,7-10,12H2,1-2H3,(H2,22,27). The molecule has 0 aliphatic carbocycles. The second kappa shape index (κ2) is 10.8. The van der Waals surface area contributed by atoms with Crippen LogP contribution in [0, 0.1) is 5.92 Å². The Morgan fingerprint density at radius 3 is 2.77 bits per heavy atom. The van der Waals surface area contributed by atoms with Crippen molar-refractivity contribution in [3.63, 3.8) is 0 Å². The minimum absolute atomic E-state index is 0.268. The maximum atomic E-state index is 11.1. The number of aromatic nitrogens is 4. The molecule has 0 fully saturated rings. The van der Waals surface area contributed by atoms with Crippen molar-refractivity contribution in [2.75, 3.05) is 0 Å². The van der Waals surface area contributed by atoms with Gasteiger partial charge in [-0.2, -0.15) is 0 Å². The Bertz CT molecular complexity index is 972. The number of carbonyl (C=O) groups is 1. The van der Waals surface area contributed by atoms with Crippen molar-refractivity contribution in [3.05, 3.63) is 51.2 Å². The highest BCUT2D eigenvalue weighted by molar-refractivity contribution is 7.98. The van der Waals surface area contributed by atoms with E-state index in [1.807, 2.05) is 17.5 Å². The topological polar surface area (TPSA) is 95.9 Å². The number of halogens is 1. The molecule has 2 N–H and O–H groups in total. The van der Waals surface area contributed by atoms with E-state index < -0.39 is 0 Å². The molecule has 10 heteroatoms. The van der Waals surface area contributed by atoms with Gasteiger partial charge in [-0.3, -0.25) is 4.79 Å². The Morgan fingerprint density at radius 1 is 1.30 bits per heavy atom. The Balaban J connectivity index is 1.58. The van der Waals surface area contributed by atoms with Gasteiger partial charge in [0.1, 0.15) is 23.2 Å². The Hall–Kier alpha value is -2.10. The maximum Gasteiger partial charge on any atom is 0.217 e. The van der Waals surface area contributed by atoms with E-state index in [0.717, 1.165) is 34.0 Å². The molecule has 1 aromatic carbocycles. The summed E-state index contributed by atoms with van der Waals surface area (Å²) in [5.74, 6) is 2.34. The van der Waals surface area contributed by atoms with Gasteiger partial charge in [0.2, 0.25) is 5.91 Å². The number of thioether (sulfide) groups is 1. The Labute approximate surface area is 189 Å². The minimum atomic E-state index is -0.334. The van der Waals surface area contributed by atoms with Crippen LogP contribution in [0.3, 0.4) is 0 Å². The summed E-state index contributed by atoms with van der Waals surface area (Å²) in [6, 6.07) is 7.27. The van der Waals surface area contributed by atoms with Gasteiger partial charge in [-0.25, -0.2) is 4.98 Å². The molecule has 0 atom stereocenters. The van der Waals surface area contributed by atoms with Gasteiger partial charge in [0.15, 0.2) is 5.16 Å². The molecule has 0 aliphatic heterocycles. The fourth-order valence-electron chi connectivity index (χ4n) is 2.69. The van der Waals surface area contributed by atoms with E-state index in [1.54, 1.807) is 35.2 Å². The number of primary amides is 1. The van der Waals surface area contributed by atoms with Gasteiger partial charge in [0.05, 0.1) is 5.69 Å². The van der Waals surface area contributed by atoms with Crippen molar-refractivity contribution in [2.45, 2.75) is 50.8 Å². The van der Waals surface area contributed by atoms with Crippen LogP contribution < -0.4 is 10.5 Å². The van der Waals surface area contributed by atoms with Crippen molar-refractivity contribution in [1.82, 2.24) is 19.7 Å². The van der Waals surface area contributed by atoms with Crippen LogP contribution in [0.25, 0.3) is 0 Å². The lowest BCUT2D eigenvalue weighted by atomic mass is 10.2. The lowest BCUT2D eigenvalue weighted by molar-refractivity contribution is -0.118. The number of ether oxygens (including phenoxy) is 1. The molecule has 160 valence electrons. The molecule has 0 spiro atoms. The average molecular weight is 466 g/mol. The SMILES string of the molecule is CC(C)Cn1c(CCC(N)=O)nnc1SCc1csc(COc2ccc(Cl)cc2)n1. The molecule has 0 aliphatic rings. The minimum Gasteiger partial charge on any atom is -0.486 e. The number of nitrogens with two attached hydrogens (primary N) is 1. The molecule has 3 rings (SSSR count). The number of rotatable bonds is 11. The summed E-state index contributed by atoms with van der Waals surface area (Å²) < 4.78 is 7.83. The number of aryl methyl sites for hydroxylation is 1. The van der Waals surface area contributed by atoms with E-state index in [-0.39, 0.29) is 12.3 Å². The predicted molar refractivity (Wildman–Crippen MR) is 120 cm³/mol. The fraction of sp³-hybridized carbons (Fsp3) is 0.400. The molecule has 2 aromatic heterocycles. The molecule has 7 nitrogen and oxygen atoms in total. The van der Waals surface area contributed by atoms with E-state index in [1.165, 1.54) is 0 Å². The second-order valence-electron chi connectivity index (χ2n) is 7.13. The van der Waals surface area contributed by atoms with Crippen LogP contribution in [0.1, 0.15) is 36.8 Å². The van der Waals surface area contributed by atoms with Gasteiger partial charge in [-0.05, 0) is 30.2 Å². The summed E-state index contributed by atoms with van der Waals surface area (Å²) in [6.45, 7) is 5.48. The highest BCUT2D eigenvalue weighted by Gasteiger charge is 2.15. The first kappa shape index (κ1) is 22.6. The highest BCUT2D eigenvalue weighted by Crippen LogP contribution is 2.25. The molecule has 30 heavy (non-hydrogen) atoms. The van der Waals surface area contributed by atoms with Crippen LogP contribution in [0.4, 0.5) is 0 Å². The van der Waals surface area contributed by atoms with Crippen LogP contribution in [0.2, 0.25) is 5.02 Å². The number of hydrogen-bond donors (Lipinski definition) is 1. The van der Waals surface area contributed by atoms with Crippen LogP contribution in [0.15, 0.2) is 34.8 Å². The molecule has 0 saturated heterocycles. The zero-order valence-electron chi connectivity index (χ0n) is 16.9. The summed E-state index contributed by atoms with van der Waals surface area (Å²) >= 11 is 9.05. The first-order chi connectivity index (χ1) is 14.4. The van der Waals surface area contributed by atoms with Gasteiger partial charge in [0.25, 0.3) is 0 Å². The molecule has 0 unspecified atom stereocenters. The quantitative estimate of drug-likeness (QED) is 0.423. The molecular weight excluding hydrogens is 442 g/mol. The molecule has 3 aromatic rings.